The van der Waals surface area contributed by atoms with Crippen molar-refractivity contribution in [1.82, 2.24) is 0 Å². The first kappa shape index (κ1) is 22.3. The zero-order valence-electron chi connectivity index (χ0n) is 18.5. The summed E-state index contributed by atoms with van der Waals surface area (Å²) >= 11 is 0. The van der Waals surface area contributed by atoms with Crippen LogP contribution < -0.4 is 4.74 Å². The van der Waals surface area contributed by atoms with Gasteiger partial charge in [0.15, 0.2) is 0 Å². The number of carbonyl (C=O) groups excluding carboxylic acids is 2. The van der Waals surface area contributed by atoms with E-state index in [4.69, 9.17) is 18.9 Å². The van der Waals surface area contributed by atoms with Gasteiger partial charge in [-0.1, -0.05) is 19.9 Å². The number of allylic oxidation sites excluding steroid dienone is 1. The van der Waals surface area contributed by atoms with Crippen LogP contribution in [0, 0.1) is 32.6 Å². The van der Waals surface area contributed by atoms with Gasteiger partial charge in [0.1, 0.15) is 24.7 Å². The van der Waals surface area contributed by atoms with Gasteiger partial charge in [-0.3, -0.25) is 4.79 Å². The van der Waals surface area contributed by atoms with Crippen LogP contribution in [-0.2, 0) is 23.8 Å². The Morgan fingerprint density at radius 1 is 1.20 bits per heavy atom. The molecular weight excluding hydrogens is 384 g/mol. The van der Waals surface area contributed by atoms with Crippen molar-refractivity contribution in [3.63, 3.8) is 0 Å². The molecule has 0 spiro atoms. The molecule has 0 bridgehead atoms. The molecule has 1 heterocycles. The molecule has 1 saturated carbocycles. The predicted octanol–water partition coefficient (Wildman–Crippen LogP) is 4.18. The van der Waals surface area contributed by atoms with Crippen molar-refractivity contribution in [2.75, 3.05) is 13.2 Å². The zero-order valence-corrected chi connectivity index (χ0v) is 18.5. The van der Waals surface area contributed by atoms with E-state index in [9.17, 15) is 9.59 Å². The first-order chi connectivity index (χ1) is 14.2. The number of aryl methyl sites for hydroxylation is 2. The maximum Gasteiger partial charge on any atom is 0.332 e. The third kappa shape index (κ3) is 5.42. The fourth-order valence-electron chi connectivity index (χ4n) is 3.87. The molecule has 30 heavy (non-hydrogen) atoms. The largest absolute Gasteiger partial charge is 0.493 e. The number of rotatable bonds is 7. The van der Waals surface area contributed by atoms with Gasteiger partial charge in [-0.2, -0.15) is 0 Å². The minimum Gasteiger partial charge on any atom is -0.493 e. The quantitative estimate of drug-likeness (QED) is 0.621. The molecule has 1 aliphatic carbocycles. The molecule has 2 aliphatic rings. The van der Waals surface area contributed by atoms with Crippen molar-refractivity contribution in [2.45, 2.75) is 66.1 Å². The molecule has 1 aromatic carbocycles. The monoisotopic (exact) mass is 416 g/mol. The van der Waals surface area contributed by atoms with Crippen LogP contribution in [0.3, 0.4) is 0 Å². The number of benzene rings is 1. The number of ether oxygens (including phenoxy) is 4. The standard InChI is InChI=1S/C24H32O6/c1-14(2)11-29-23(25)13-27-18-6-7-19-21(10-18)28-12-22(24(19)26)30-20-9-15(3)8-16(4)17(20)5/h8-9,12,14,18-19,21H,6-7,10-11,13H2,1-5H3. The van der Waals surface area contributed by atoms with E-state index < -0.39 is 0 Å². The Balaban J connectivity index is 1.57. The molecule has 164 valence electrons. The lowest BCUT2D eigenvalue weighted by atomic mass is 9.80. The summed E-state index contributed by atoms with van der Waals surface area (Å²) in [6.07, 6.45) is 2.96. The van der Waals surface area contributed by atoms with Crippen molar-refractivity contribution in [1.29, 1.82) is 0 Å². The normalized spacial score (nSPS) is 23.5. The molecule has 1 aromatic rings. The molecular formula is C24H32O6. The second-order valence-corrected chi connectivity index (χ2v) is 8.76. The highest BCUT2D eigenvalue weighted by atomic mass is 16.6. The van der Waals surface area contributed by atoms with E-state index in [0.717, 1.165) is 16.7 Å². The molecule has 1 fully saturated rings. The highest BCUT2D eigenvalue weighted by Crippen LogP contribution is 2.36. The number of Topliss-reactive ketones (excluding diaryl/α,β-unsaturated/α-hetero) is 1. The van der Waals surface area contributed by atoms with Gasteiger partial charge in [0.05, 0.1) is 18.6 Å². The Kier molecular flexibility index (Phi) is 7.19. The van der Waals surface area contributed by atoms with E-state index in [1.807, 2.05) is 40.7 Å². The fourth-order valence-corrected chi connectivity index (χ4v) is 3.87. The molecule has 3 rings (SSSR count). The van der Waals surface area contributed by atoms with Crippen LogP contribution >= 0.6 is 0 Å². The molecule has 0 N–H and O–H groups in total. The number of hydrogen-bond donors (Lipinski definition) is 0. The molecule has 6 heteroatoms. The first-order valence-electron chi connectivity index (χ1n) is 10.7. The van der Waals surface area contributed by atoms with Gasteiger partial charge < -0.3 is 18.9 Å². The Bertz CT molecular complexity index is 825. The number of esters is 1. The predicted molar refractivity (Wildman–Crippen MR) is 112 cm³/mol. The van der Waals surface area contributed by atoms with Gasteiger partial charge in [-0.25, -0.2) is 4.79 Å². The summed E-state index contributed by atoms with van der Waals surface area (Å²) in [5, 5.41) is 0. The maximum absolute atomic E-state index is 13.0. The molecule has 3 unspecified atom stereocenters. The van der Waals surface area contributed by atoms with Crippen LogP contribution in [0.2, 0.25) is 0 Å². The van der Waals surface area contributed by atoms with Gasteiger partial charge in [-0.05, 0) is 62.3 Å². The Morgan fingerprint density at radius 3 is 2.70 bits per heavy atom. The number of ketones is 1. The highest BCUT2D eigenvalue weighted by molar-refractivity contribution is 5.96. The lowest BCUT2D eigenvalue weighted by molar-refractivity contribution is -0.155. The maximum atomic E-state index is 13.0. The minimum atomic E-state index is -0.356. The summed E-state index contributed by atoms with van der Waals surface area (Å²) in [6, 6.07) is 4.03. The minimum absolute atomic E-state index is 0.0281. The van der Waals surface area contributed by atoms with Crippen LogP contribution in [0.4, 0.5) is 0 Å². The average Bonchev–Trinajstić information content (AvgIpc) is 2.70. The van der Waals surface area contributed by atoms with Gasteiger partial charge in [-0.15, -0.1) is 0 Å². The highest BCUT2D eigenvalue weighted by Gasteiger charge is 2.41. The van der Waals surface area contributed by atoms with Crippen molar-refractivity contribution in [2.24, 2.45) is 11.8 Å². The first-order valence-corrected chi connectivity index (χ1v) is 10.7. The van der Waals surface area contributed by atoms with Crippen molar-refractivity contribution in [3.8, 4) is 5.75 Å². The summed E-state index contributed by atoms with van der Waals surface area (Å²) in [5.74, 6) is 0.600. The van der Waals surface area contributed by atoms with E-state index in [-0.39, 0.29) is 42.2 Å². The van der Waals surface area contributed by atoms with E-state index >= 15 is 0 Å². The summed E-state index contributed by atoms with van der Waals surface area (Å²) in [6.45, 7) is 10.3. The van der Waals surface area contributed by atoms with Gasteiger partial charge in [0.25, 0.3) is 0 Å². The smallest absolute Gasteiger partial charge is 0.332 e. The number of hydrogen-bond acceptors (Lipinski definition) is 6. The second kappa shape index (κ2) is 9.65. The molecule has 0 radical (unpaired) electrons. The molecule has 0 aromatic heterocycles. The third-order valence-electron chi connectivity index (χ3n) is 5.67. The summed E-state index contributed by atoms with van der Waals surface area (Å²) in [5.41, 5.74) is 3.22. The molecule has 3 atom stereocenters. The number of carbonyl (C=O) groups is 2. The molecule has 1 aliphatic heterocycles. The van der Waals surface area contributed by atoms with E-state index in [2.05, 4.69) is 6.07 Å². The van der Waals surface area contributed by atoms with Crippen LogP contribution in [0.25, 0.3) is 0 Å². The topological polar surface area (TPSA) is 71.1 Å². The zero-order chi connectivity index (χ0) is 21.8. The Morgan fingerprint density at radius 2 is 1.97 bits per heavy atom. The molecule has 6 nitrogen and oxygen atoms in total. The van der Waals surface area contributed by atoms with Crippen LogP contribution in [0.5, 0.6) is 5.75 Å². The lowest BCUT2D eigenvalue weighted by Gasteiger charge is -2.37. The second-order valence-electron chi connectivity index (χ2n) is 8.76. The Hall–Kier alpha value is -2.34. The summed E-state index contributed by atoms with van der Waals surface area (Å²) in [7, 11) is 0. The Labute approximate surface area is 178 Å². The van der Waals surface area contributed by atoms with Crippen molar-refractivity contribution < 1.29 is 28.5 Å². The van der Waals surface area contributed by atoms with Crippen molar-refractivity contribution in [3.05, 3.63) is 40.8 Å². The molecule has 0 amide bonds. The fraction of sp³-hybridized carbons (Fsp3) is 0.583. The molecule has 0 saturated heterocycles. The number of fused-ring (bicyclic) bond motifs is 1. The average molecular weight is 417 g/mol. The SMILES string of the molecule is Cc1cc(C)c(C)c(OC2=COC3CC(OCC(=O)OCC(C)C)CCC3C2=O)c1. The van der Waals surface area contributed by atoms with E-state index in [0.29, 0.717) is 37.5 Å². The lowest BCUT2D eigenvalue weighted by Crippen LogP contribution is -2.43. The van der Waals surface area contributed by atoms with Crippen LogP contribution in [0.1, 0.15) is 49.8 Å². The third-order valence-corrected chi connectivity index (χ3v) is 5.67. The van der Waals surface area contributed by atoms with Crippen molar-refractivity contribution >= 4 is 11.8 Å². The van der Waals surface area contributed by atoms with E-state index in [1.54, 1.807) is 0 Å². The van der Waals surface area contributed by atoms with Crippen LogP contribution in [-0.4, -0.2) is 37.2 Å². The summed E-state index contributed by atoms with van der Waals surface area (Å²) < 4.78 is 22.7. The van der Waals surface area contributed by atoms with Crippen LogP contribution in [0.15, 0.2) is 24.2 Å². The van der Waals surface area contributed by atoms with Gasteiger partial charge in [0.2, 0.25) is 11.5 Å². The van der Waals surface area contributed by atoms with E-state index in [1.165, 1.54) is 6.26 Å². The van der Waals surface area contributed by atoms with Gasteiger partial charge in [0, 0.05) is 6.42 Å². The van der Waals surface area contributed by atoms with Gasteiger partial charge >= 0.3 is 5.97 Å². The summed E-state index contributed by atoms with van der Waals surface area (Å²) in [4.78, 5) is 24.7.